The number of hydrogen-bond acceptors (Lipinski definition) is 2. The highest BCUT2D eigenvalue weighted by molar-refractivity contribution is 7.80. The van der Waals surface area contributed by atoms with Crippen LogP contribution in [0.1, 0.15) is 32.6 Å². The fraction of sp³-hybridized carbons (Fsp3) is 0.778. The van der Waals surface area contributed by atoms with E-state index in [9.17, 15) is 4.79 Å². The van der Waals surface area contributed by atoms with Crippen molar-refractivity contribution in [3.63, 3.8) is 0 Å². The molecule has 4 heteroatoms. The molecule has 1 saturated heterocycles. The van der Waals surface area contributed by atoms with Gasteiger partial charge in [-0.05, 0) is 31.5 Å². The molecular formula is C9H14N2OS. The van der Waals surface area contributed by atoms with Crippen LogP contribution in [0.25, 0.3) is 0 Å². The Morgan fingerprint density at radius 2 is 2.31 bits per heavy atom. The van der Waals surface area contributed by atoms with E-state index in [1.165, 1.54) is 0 Å². The zero-order valence-corrected chi connectivity index (χ0v) is 8.56. The summed E-state index contributed by atoms with van der Waals surface area (Å²) in [5, 5.41) is 3.73. The van der Waals surface area contributed by atoms with Crippen molar-refractivity contribution in [2.75, 3.05) is 0 Å². The van der Waals surface area contributed by atoms with Crippen molar-refractivity contribution in [2.45, 2.75) is 44.7 Å². The van der Waals surface area contributed by atoms with Crippen molar-refractivity contribution in [1.29, 1.82) is 0 Å². The first-order valence-electron chi connectivity index (χ1n) is 4.87. The summed E-state index contributed by atoms with van der Waals surface area (Å²) in [5.74, 6) is 0.189. The summed E-state index contributed by atoms with van der Waals surface area (Å²) < 4.78 is 0. The number of hydrogen-bond donors (Lipinski definition) is 1. The third kappa shape index (κ3) is 1.55. The summed E-state index contributed by atoms with van der Waals surface area (Å²) in [6.45, 7) is 2.08. The Bertz CT molecular complexity index is 250. The molecule has 2 fully saturated rings. The van der Waals surface area contributed by atoms with Crippen molar-refractivity contribution in [1.82, 2.24) is 10.2 Å². The van der Waals surface area contributed by atoms with Gasteiger partial charge >= 0.3 is 0 Å². The molecule has 1 atom stereocenters. The van der Waals surface area contributed by atoms with Crippen LogP contribution in [0.4, 0.5) is 0 Å². The second kappa shape index (κ2) is 3.25. The zero-order chi connectivity index (χ0) is 9.42. The molecule has 0 spiro atoms. The van der Waals surface area contributed by atoms with Crippen LogP contribution in [0.5, 0.6) is 0 Å². The largest absolute Gasteiger partial charge is 0.350 e. The summed E-state index contributed by atoms with van der Waals surface area (Å²) in [5.41, 5.74) is 0. The molecule has 0 aromatic carbocycles. The molecule has 0 aromatic heterocycles. The highest BCUT2D eigenvalue weighted by atomic mass is 32.1. The summed E-state index contributed by atoms with van der Waals surface area (Å²) in [6.07, 6.45) is 4.14. The van der Waals surface area contributed by atoms with Gasteiger partial charge < -0.3 is 5.32 Å². The lowest BCUT2D eigenvalue weighted by Crippen LogP contribution is -2.33. The highest BCUT2D eigenvalue weighted by Gasteiger charge is 2.43. The third-order valence-electron chi connectivity index (χ3n) is 2.54. The van der Waals surface area contributed by atoms with Gasteiger partial charge in [0.2, 0.25) is 0 Å². The van der Waals surface area contributed by atoms with Crippen molar-refractivity contribution in [2.24, 2.45) is 0 Å². The van der Waals surface area contributed by atoms with Crippen LogP contribution >= 0.6 is 12.2 Å². The fourth-order valence-electron chi connectivity index (χ4n) is 1.71. The first kappa shape index (κ1) is 8.94. The second-order valence-corrected chi connectivity index (χ2v) is 4.12. The summed E-state index contributed by atoms with van der Waals surface area (Å²) in [6, 6.07) is 0.368. The molecule has 13 heavy (non-hydrogen) atoms. The Morgan fingerprint density at radius 3 is 2.85 bits per heavy atom. The number of carbonyl (C=O) groups excluding carboxylic acids is 1. The first-order valence-corrected chi connectivity index (χ1v) is 5.28. The lowest BCUT2D eigenvalue weighted by Gasteiger charge is -2.12. The van der Waals surface area contributed by atoms with Crippen LogP contribution in [-0.4, -0.2) is 28.0 Å². The normalized spacial score (nSPS) is 28.1. The van der Waals surface area contributed by atoms with E-state index in [-0.39, 0.29) is 11.9 Å². The molecule has 1 saturated carbocycles. The van der Waals surface area contributed by atoms with Crippen LogP contribution in [-0.2, 0) is 4.79 Å². The average molecular weight is 198 g/mol. The maximum Gasteiger partial charge on any atom is 0.251 e. The van der Waals surface area contributed by atoms with Crippen molar-refractivity contribution >= 4 is 23.2 Å². The molecule has 0 radical (unpaired) electrons. The number of nitrogens with zero attached hydrogens (tertiary/aromatic N) is 1. The first-order chi connectivity index (χ1) is 6.24. The Labute approximate surface area is 83.5 Å². The maximum absolute atomic E-state index is 11.8. The van der Waals surface area contributed by atoms with Gasteiger partial charge in [0, 0.05) is 6.04 Å². The monoisotopic (exact) mass is 198 g/mol. The van der Waals surface area contributed by atoms with E-state index in [4.69, 9.17) is 12.2 Å². The van der Waals surface area contributed by atoms with E-state index in [2.05, 4.69) is 12.2 Å². The molecule has 72 valence electrons. The second-order valence-electron chi connectivity index (χ2n) is 3.73. The molecule has 1 unspecified atom stereocenters. The van der Waals surface area contributed by atoms with Crippen LogP contribution in [0.3, 0.4) is 0 Å². The van der Waals surface area contributed by atoms with Crippen LogP contribution in [0, 0.1) is 0 Å². The number of thiocarbonyl (C=S) groups is 1. The predicted octanol–water partition coefficient (Wildman–Crippen LogP) is 1.03. The van der Waals surface area contributed by atoms with Gasteiger partial charge in [-0.25, -0.2) is 0 Å². The molecule has 1 aliphatic heterocycles. The van der Waals surface area contributed by atoms with Gasteiger partial charge in [0.05, 0.1) is 0 Å². The topological polar surface area (TPSA) is 32.3 Å². The molecule has 3 nitrogen and oxygen atoms in total. The Hall–Kier alpha value is -0.640. The number of rotatable bonds is 3. The lowest BCUT2D eigenvalue weighted by molar-refractivity contribution is -0.127. The molecule has 1 amide bonds. The van der Waals surface area contributed by atoms with Crippen molar-refractivity contribution in [3.05, 3.63) is 0 Å². The minimum atomic E-state index is -0.0434. The standard InChI is InChI=1S/C9H14N2OS/c1-2-3-7-8(12)11(6-4-5-6)9(13)10-7/h6-7H,2-5H2,1H3,(H,10,13). The highest BCUT2D eigenvalue weighted by Crippen LogP contribution is 2.30. The van der Waals surface area contributed by atoms with Crippen LogP contribution in [0.15, 0.2) is 0 Å². The van der Waals surface area contributed by atoms with Crippen molar-refractivity contribution in [3.8, 4) is 0 Å². The molecule has 1 N–H and O–H groups in total. The zero-order valence-electron chi connectivity index (χ0n) is 7.75. The van der Waals surface area contributed by atoms with E-state index < -0.39 is 0 Å². The molecule has 0 aromatic rings. The fourth-order valence-corrected chi connectivity index (χ4v) is 2.09. The SMILES string of the molecule is CCCC1NC(=S)N(C2CC2)C1=O. The van der Waals surface area contributed by atoms with Gasteiger partial charge in [0.15, 0.2) is 5.11 Å². The van der Waals surface area contributed by atoms with Gasteiger partial charge in [0.25, 0.3) is 5.91 Å². The quantitative estimate of drug-likeness (QED) is 0.688. The molecule has 1 heterocycles. The summed E-state index contributed by atoms with van der Waals surface area (Å²) in [4.78, 5) is 13.5. The average Bonchev–Trinajstić information content (AvgIpc) is 2.84. The summed E-state index contributed by atoms with van der Waals surface area (Å²) in [7, 11) is 0. The van der Waals surface area contributed by atoms with Gasteiger partial charge in [-0.15, -0.1) is 0 Å². The van der Waals surface area contributed by atoms with Gasteiger partial charge in [-0.3, -0.25) is 9.69 Å². The minimum absolute atomic E-state index is 0.0434. The van der Waals surface area contributed by atoms with E-state index >= 15 is 0 Å². The van der Waals surface area contributed by atoms with Crippen LogP contribution < -0.4 is 5.32 Å². The lowest BCUT2D eigenvalue weighted by atomic mass is 10.2. The Morgan fingerprint density at radius 1 is 1.62 bits per heavy atom. The summed E-state index contributed by atoms with van der Waals surface area (Å²) >= 11 is 5.12. The Balaban J connectivity index is 2.05. The third-order valence-corrected chi connectivity index (χ3v) is 2.86. The van der Waals surface area contributed by atoms with E-state index in [1.54, 1.807) is 4.90 Å². The molecule has 2 aliphatic rings. The van der Waals surface area contributed by atoms with Crippen molar-refractivity contribution < 1.29 is 4.79 Å². The molecule has 1 aliphatic carbocycles. The number of carbonyl (C=O) groups is 1. The Kier molecular flexibility index (Phi) is 2.24. The minimum Gasteiger partial charge on any atom is -0.350 e. The molecular weight excluding hydrogens is 184 g/mol. The van der Waals surface area contributed by atoms with E-state index in [1.807, 2.05) is 0 Å². The molecule has 2 rings (SSSR count). The van der Waals surface area contributed by atoms with Gasteiger partial charge in [-0.1, -0.05) is 13.3 Å². The van der Waals surface area contributed by atoms with Gasteiger partial charge in [-0.2, -0.15) is 0 Å². The molecule has 0 bridgehead atoms. The van der Waals surface area contributed by atoms with Gasteiger partial charge in [0.1, 0.15) is 6.04 Å². The van der Waals surface area contributed by atoms with E-state index in [0.717, 1.165) is 25.7 Å². The van der Waals surface area contributed by atoms with Crippen LogP contribution in [0.2, 0.25) is 0 Å². The number of nitrogens with one attached hydrogen (secondary N) is 1. The smallest absolute Gasteiger partial charge is 0.251 e. The predicted molar refractivity (Wildman–Crippen MR) is 54.3 cm³/mol. The maximum atomic E-state index is 11.8. The van der Waals surface area contributed by atoms with E-state index in [0.29, 0.717) is 11.2 Å². The number of amides is 1.